The number of hydrogen-bond acceptors (Lipinski definition) is 5. The van der Waals surface area contributed by atoms with Crippen molar-refractivity contribution in [3.63, 3.8) is 0 Å². The van der Waals surface area contributed by atoms with Gasteiger partial charge < -0.3 is 10.5 Å². The lowest BCUT2D eigenvalue weighted by molar-refractivity contribution is 0.321. The molecule has 0 fully saturated rings. The molecule has 0 amide bonds. The maximum absolute atomic E-state index is 5.74. The van der Waals surface area contributed by atoms with Crippen molar-refractivity contribution in [3.8, 4) is 5.75 Å². The molecule has 5 heteroatoms. The quantitative estimate of drug-likeness (QED) is 0.900. The van der Waals surface area contributed by atoms with Crippen molar-refractivity contribution < 1.29 is 4.74 Å². The average molecular weight is 263 g/mol. The zero-order chi connectivity index (χ0) is 13.0. The number of thiazole rings is 1. The second-order valence-corrected chi connectivity index (χ2v) is 5.11. The zero-order valence-corrected chi connectivity index (χ0v) is 11.4. The first-order valence-electron chi connectivity index (χ1n) is 5.90. The van der Waals surface area contributed by atoms with Crippen LogP contribution in [0.15, 0.2) is 23.8 Å². The molecular formula is C13H17N3OS. The molecule has 0 aliphatic heterocycles. The largest absolute Gasteiger partial charge is 0.492 e. The minimum atomic E-state index is -0.0427. The minimum absolute atomic E-state index is 0.0427. The van der Waals surface area contributed by atoms with Crippen LogP contribution in [0.1, 0.15) is 29.2 Å². The molecule has 0 aliphatic carbocycles. The van der Waals surface area contributed by atoms with E-state index in [1.54, 1.807) is 17.5 Å². The summed E-state index contributed by atoms with van der Waals surface area (Å²) < 4.78 is 5.64. The normalized spacial score (nSPS) is 12.4. The summed E-state index contributed by atoms with van der Waals surface area (Å²) in [5.74, 6) is 0.779. The molecule has 96 valence electrons. The van der Waals surface area contributed by atoms with Crippen LogP contribution < -0.4 is 10.5 Å². The van der Waals surface area contributed by atoms with Crippen molar-refractivity contribution in [2.45, 2.75) is 26.3 Å². The Balaban J connectivity index is 1.85. The molecular weight excluding hydrogens is 246 g/mol. The molecule has 0 radical (unpaired) electrons. The van der Waals surface area contributed by atoms with E-state index in [0.717, 1.165) is 23.6 Å². The lowest BCUT2D eigenvalue weighted by Gasteiger charge is -2.07. The Kier molecular flexibility index (Phi) is 4.28. The third-order valence-electron chi connectivity index (χ3n) is 2.67. The third kappa shape index (κ3) is 3.27. The summed E-state index contributed by atoms with van der Waals surface area (Å²) in [6.07, 6.45) is 2.60. The number of aromatic nitrogens is 2. The monoisotopic (exact) mass is 263 g/mol. The van der Waals surface area contributed by atoms with Crippen molar-refractivity contribution in [2.75, 3.05) is 6.61 Å². The van der Waals surface area contributed by atoms with Gasteiger partial charge in [0, 0.05) is 17.3 Å². The van der Waals surface area contributed by atoms with Crippen LogP contribution in [0.2, 0.25) is 0 Å². The maximum Gasteiger partial charge on any atom is 0.137 e. The van der Waals surface area contributed by atoms with Crippen LogP contribution in [0.5, 0.6) is 5.75 Å². The zero-order valence-electron chi connectivity index (χ0n) is 10.6. The molecule has 1 atom stereocenters. The molecule has 18 heavy (non-hydrogen) atoms. The lowest BCUT2D eigenvalue weighted by atomic mass is 10.2. The Labute approximate surface area is 111 Å². The number of ether oxygens (including phenoxy) is 1. The lowest BCUT2D eigenvalue weighted by Crippen LogP contribution is -2.07. The Hall–Kier alpha value is -1.46. The fourth-order valence-corrected chi connectivity index (χ4v) is 2.34. The van der Waals surface area contributed by atoms with Gasteiger partial charge in [-0.15, -0.1) is 11.3 Å². The third-order valence-corrected chi connectivity index (χ3v) is 3.66. The molecule has 2 heterocycles. The average Bonchev–Trinajstić information content (AvgIpc) is 2.76. The van der Waals surface area contributed by atoms with Crippen molar-refractivity contribution in [1.82, 2.24) is 9.97 Å². The molecule has 0 unspecified atom stereocenters. The SMILES string of the molecule is Cc1ncsc1CCOc1ccc([C@@H](C)N)nc1. The smallest absolute Gasteiger partial charge is 0.137 e. The number of pyridine rings is 1. The maximum atomic E-state index is 5.74. The highest BCUT2D eigenvalue weighted by Gasteiger charge is 2.03. The molecule has 2 aromatic rings. The fraction of sp³-hybridized carbons (Fsp3) is 0.385. The Bertz CT molecular complexity index is 493. The second kappa shape index (κ2) is 5.93. The topological polar surface area (TPSA) is 61.0 Å². The van der Waals surface area contributed by atoms with Gasteiger partial charge in [0.05, 0.1) is 29.7 Å². The molecule has 2 rings (SSSR count). The van der Waals surface area contributed by atoms with Crippen LogP contribution in [-0.4, -0.2) is 16.6 Å². The Morgan fingerprint density at radius 2 is 2.22 bits per heavy atom. The molecule has 4 nitrogen and oxygen atoms in total. The van der Waals surface area contributed by atoms with Crippen LogP contribution in [0.25, 0.3) is 0 Å². The van der Waals surface area contributed by atoms with Crippen molar-refractivity contribution in [3.05, 3.63) is 40.1 Å². The molecule has 0 saturated carbocycles. The van der Waals surface area contributed by atoms with Crippen LogP contribution >= 0.6 is 11.3 Å². The van der Waals surface area contributed by atoms with Gasteiger partial charge in [-0.1, -0.05) is 0 Å². The predicted octanol–water partition coefficient (Wildman–Crippen LogP) is 2.49. The van der Waals surface area contributed by atoms with Crippen LogP contribution in [0, 0.1) is 6.92 Å². The van der Waals surface area contributed by atoms with Crippen molar-refractivity contribution >= 4 is 11.3 Å². The Morgan fingerprint density at radius 1 is 1.39 bits per heavy atom. The van der Waals surface area contributed by atoms with Gasteiger partial charge in [0.25, 0.3) is 0 Å². The Morgan fingerprint density at radius 3 is 2.78 bits per heavy atom. The van der Waals surface area contributed by atoms with E-state index in [-0.39, 0.29) is 6.04 Å². The van der Waals surface area contributed by atoms with Gasteiger partial charge in [0.1, 0.15) is 5.75 Å². The molecule has 2 N–H and O–H groups in total. The van der Waals surface area contributed by atoms with Gasteiger partial charge in [-0.25, -0.2) is 4.98 Å². The van der Waals surface area contributed by atoms with E-state index >= 15 is 0 Å². The van der Waals surface area contributed by atoms with Gasteiger partial charge in [0.15, 0.2) is 0 Å². The summed E-state index contributed by atoms with van der Waals surface area (Å²) in [6.45, 7) is 4.57. The van der Waals surface area contributed by atoms with Crippen molar-refractivity contribution in [1.29, 1.82) is 0 Å². The van der Waals surface area contributed by atoms with E-state index in [0.29, 0.717) is 6.61 Å². The fourth-order valence-electron chi connectivity index (χ4n) is 1.57. The van der Waals surface area contributed by atoms with Gasteiger partial charge >= 0.3 is 0 Å². The van der Waals surface area contributed by atoms with E-state index in [2.05, 4.69) is 9.97 Å². The molecule has 0 aliphatic rings. The molecule has 0 aromatic carbocycles. The standard InChI is InChI=1S/C13H17N3OS/c1-9(14)12-4-3-11(7-15-12)17-6-5-13-10(2)16-8-18-13/h3-4,7-9H,5-6,14H2,1-2H3/t9-/m1/s1. The summed E-state index contributed by atoms with van der Waals surface area (Å²) in [4.78, 5) is 9.73. The number of nitrogens with two attached hydrogens (primary N) is 1. The molecule has 0 bridgehead atoms. The molecule has 0 saturated heterocycles. The van der Waals surface area contributed by atoms with E-state index in [1.165, 1.54) is 4.88 Å². The number of aryl methyl sites for hydroxylation is 1. The van der Waals surface area contributed by atoms with E-state index in [4.69, 9.17) is 10.5 Å². The van der Waals surface area contributed by atoms with E-state index in [9.17, 15) is 0 Å². The van der Waals surface area contributed by atoms with Gasteiger partial charge in [-0.3, -0.25) is 4.98 Å². The summed E-state index contributed by atoms with van der Waals surface area (Å²) in [6, 6.07) is 3.77. The van der Waals surface area contributed by atoms with Crippen LogP contribution in [-0.2, 0) is 6.42 Å². The predicted molar refractivity (Wildman–Crippen MR) is 72.9 cm³/mol. The van der Waals surface area contributed by atoms with Crippen molar-refractivity contribution in [2.24, 2.45) is 5.73 Å². The first-order chi connectivity index (χ1) is 8.66. The first kappa shape index (κ1) is 13.0. The number of nitrogens with zero attached hydrogens (tertiary/aromatic N) is 2. The van der Waals surface area contributed by atoms with E-state index < -0.39 is 0 Å². The van der Waals surface area contributed by atoms with Crippen LogP contribution in [0.3, 0.4) is 0 Å². The second-order valence-electron chi connectivity index (χ2n) is 4.17. The van der Waals surface area contributed by atoms with Crippen LogP contribution in [0.4, 0.5) is 0 Å². The summed E-state index contributed by atoms with van der Waals surface area (Å²) >= 11 is 1.67. The summed E-state index contributed by atoms with van der Waals surface area (Å²) in [7, 11) is 0. The highest BCUT2D eigenvalue weighted by atomic mass is 32.1. The summed E-state index contributed by atoms with van der Waals surface area (Å²) in [5.41, 5.74) is 9.57. The number of rotatable bonds is 5. The highest BCUT2D eigenvalue weighted by molar-refractivity contribution is 7.09. The summed E-state index contributed by atoms with van der Waals surface area (Å²) in [5, 5.41) is 0. The van der Waals surface area contributed by atoms with E-state index in [1.807, 2.05) is 31.5 Å². The minimum Gasteiger partial charge on any atom is -0.492 e. The highest BCUT2D eigenvalue weighted by Crippen LogP contribution is 2.15. The number of hydrogen-bond donors (Lipinski definition) is 1. The van der Waals surface area contributed by atoms with Gasteiger partial charge in [0.2, 0.25) is 0 Å². The molecule has 0 spiro atoms. The first-order valence-corrected chi connectivity index (χ1v) is 6.78. The molecule has 2 aromatic heterocycles. The van der Waals surface area contributed by atoms with Gasteiger partial charge in [-0.2, -0.15) is 0 Å². The van der Waals surface area contributed by atoms with Gasteiger partial charge in [-0.05, 0) is 26.0 Å².